The van der Waals surface area contributed by atoms with Gasteiger partial charge in [-0.05, 0) is 38.5 Å². The topological polar surface area (TPSA) is 42.7 Å². The molecule has 0 saturated heterocycles. The molecule has 1 N–H and O–H groups in total. The Bertz CT molecular complexity index is 534. The molecule has 0 aliphatic heterocycles. The van der Waals surface area contributed by atoms with Crippen LogP contribution in [0.4, 0.5) is 10.1 Å². The molecule has 0 spiro atoms. The summed E-state index contributed by atoms with van der Waals surface area (Å²) < 4.78 is 15.0. The molecule has 0 saturated carbocycles. The predicted octanol–water partition coefficient (Wildman–Crippen LogP) is 2.92. The Morgan fingerprint density at radius 3 is 2.89 bits per heavy atom. The molecule has 0 aliphatic rings. The van der Waals surface area contributed by atoms with Gasteiger partial charge in [-0.1, -0.05) is 6.07 Å². The van der Waals surface area contributed by atoms with Gasteiger partial charge < -0.3 is 5.32 Å². The standard InChI is InChI=1S/C13H17FN4/c1-9(2)18-13(16-8-17-18)7-15-12-6-11(14)5-4-10(12)3/h4-6,8-9,15H,7H2,1-3H3. The van der Waals surface area contributed by atoms with Crippen LogP contribution in [0.2, 0.25) is 0 Å². The second-order valence-electron chi connectivity index (χ2n) is 4.53. The fraction of sp³-hybridized carbons (Fsp3) is 0.385. The van der Waals surface area contributed by atoms with Crippen molar-refractivity contribution in [3.63, 3.8) is 0 Å². The minimum absolute atomic E-state index is 0.242. The zero-order valence-corrected chi connectivity index (χ0v) is 10.8. The van der Waals surface area contributed by atoms with Gasteiger partial charge in [0.1, 0.15) is 18.0 Å². The molecule has 1 heterocycles. The number of hydrogen-bond donors (Lipinski definition) is 1. The van der Waals surface area contributed by atoms with Gasteiger partial charge in [0.15, 0.2) is 0 Å². The van der Waals surface area contributed by atoms with E-state index in [1.807, 2.05) is 25.5 Å². The number of nitrogens with zero attached hydrogens (tertiary/aromatic N) is 3. The molecule has 0 bridgehead atoms. The second kappa shape index (κ2) is 5.16. The molecule has 0 aliphatic carbocycles. The lowest BCUT2D eigenvalue weighted by atomic mass is 10.2. The predicted molar refractivity (Wildman–Crippen MR) is 68.9 cm³/mol. The molecule has 18 heavy (non-hydrogen) atoms. The van der Waals surface area contributed by atoms with Crippen molar-refractivity contribution in [2.75, 3.05) is 5.32 Å². The smallest absolute Gasteiger partial charge is 0.146 e. The summed E-state index contributed by atoms with van der Waals surface area (Å²) in [5.74, 6) is 0.599. The molecule has 4 nitrogen and oxygen atoms in total. The van der Waals surface area contributed by atoms with E-state index in [1.54, 1.807) is 6.07 Å². The van der Waals surface area contributed by atoms with Crippen LogP contribution in [0.25, 0.3) is 0 Å². The van der Waals surface area contributed by atoms with Gasteiger partial charge in [-0.3, -0.25) is 0 Å². The van der Waals surface area contributed by atoms with E-state index in [1.165, 1.54) is 18.5 Å². The zero-order valence-electron chi connectivity index (χ0n) is 10.8. The molecule has 5 heteroatoms. The Morgan fingerprint density at radius 1 is 1.39 bits per heavy atom. The second-order valence-corrected chi connectivity index (χ2v) is 4.53. The first-order valence-electron chi connectivity index (χ1n) is 5.96. The quantitative estimate of drug-likeness (QED) is 0.904. The minimum Gasteiger partial charge on any atom is -0.377 e. The van der Waals surface area contributed by atoms with Crippen molar-refractivity contribution in [1.29, 1.82) is 0 Å². The summed E-state index contributed by atoms with van der Waals surface area (Å²) >= 11 is 0. The third-order valence-corrected chi connectivity index (χ3v) is 2.77. The third-order valence-electron chi connectivity index (χ3n) is 2.77. The van der Waals surface area contributed by atoms with Crippen molar-refractivity contribution >= 4 is 5.69 Å². The summed E-state index contributed by atoms with van der Waals surface area (Å²) in [6, 6.07) is 4.96. The van der Waals surface area contributed by atoms with Crippen LogP contribution in [0.5, 0.6) is 0 Å². The normalized spacial score (nSPS) is 10.9. The Hall–Kier alpha value is -1.91. The van der Waals surface area contributed by atoms with Gasteiger partial charge >= 0.3 is 0 Å². The highest BCUT2D eigenvalue weighted by molar-refractivity contribution is 5.50. The summed E-state index contributed by atoms with van der Waals surface area (Å²) in [5.41, 5.74) is 1.79. The summed E-state index contributed by atoms with van der Waals surface area (Å²) in [4.78, 5) is 4.20. The number of nitrogens with one attached hydrogen (secondary N) is 1. The highest BCUT2D eigenvalue weighted by atomic mass is 19.1. The van der Waals surface area contributed by atoms with E-state index in [0.29, 0.717) is 6.54 Å². The van der Waals surface area contributed by atoms with E-state index in [4.69, 9.17) is 0 Å². The number of aryl methyl sites for hydroxylation is 1. The zero-order chi connectivity index (χ0) is 13.1. The average molecular weight is 248 g/mol. The van der Waals surface area contributed by atoms with Gasteiger partial charge in [0.2, 0.25) is 0 Å². The maximum Gasteiger partial charge on any atom is 0.146 e. The van der Waals surface area contributed by atoms with Crippen LogP contribution >= 0.6 is 0 Å². The molecule has 2 aromatic rings. The first kappa shape index (κ1) is 12.5. The maximum absolute atomic E-state index is 13.1. The number of rotatable bonds is 4. The molecule has 0 unspecified atom stereocenters. The molecule has 1 aromatic heterocycles. The summed E-state index contributed by atoms with van der Waals surface area (Å²) in [5, 5.41) is 7.35. The van der Waals surface area contributed by atoms with Gasteiger partial charge in [0, 0.05) is 11.7 Å². The highest BCUT2D eigenvalue weighted by Crippen LogP contribution is 2.17. The number of hydrogen-bond acceptors (Lipinski definition) is 3. The van der Waals surface area contributed by atoms with Crippen LogP contribution in [0, 0.1) is 12.7 Å². The Morgan fingerprint density at radius 2 is 2.17 bits per heavy atom. The monoisotopic (exact) mass is 248 g/mol. The average Bonchev–Trinajstić information content (AvgIpc) is 2.79. The molecule has 1 aromatic carbocycles. The van der Waals surface area contributed by atoms with Crippen LogP contribution in [-0.4, -0.2) is 14.8 Å². The maximum atomic E-state index is 13.1. The van der Waals surface area contributed by atoms with E-state index < -0.39 is 0 Å². The summed E-state index contributed by atoms with van der Waals surface area (Å²) in [7, 11) is 0. The van der Waals surface area contributed by atoms with Gasteiger partial charge in [-0.25, -0.2) is 14.1 Å². The van der Waals surface area contributed by atoms with Crippen molar-refractivity contribution in [2.45, 2.75) is 33.4 Å². The number of aromatic nitrogens is 3. The lowest BCUT2D eigenvalue weighted by molar-refractivity contribution is 0.509. The molecular formula is C13H17FN4. The van der Waals surface area contributed by atoms with Gasteiger partial charge in [0.25, 0.3) is 0 Å². The number of anilines is 1. The Kier molecular flexibility index (Phi) is 3.60. The minimum atomic E-state index is -0.242. The summed E-state index contributed by atoms with van der Waals surface area (Å²) in [6.45, 7) is 6.56. The Balaban J connectivity index is 2.11. The fourth-order valence-electron chi connectivity index (χ4n) is 1.79. The Labute approximate surface area is 106 Å². The third kappa shape index (κ3) is 2.67. The highest BCUT2D eigenvalue weighted by Gasteiger charge is 2.08. The molecule has 0 radical (unpaired) electrons. The van der Waals surface area contributed by atoms with E-state index in [2.05, 4.69) is 15.4 Å². The SMILES string of the molecule is Cc1ccc(F)cc1NCc1ncnn1C(C)C. The first-order chi connectivity index (χ1) is 8.58. The van der Waals surface area contributed by atoms with Crippen LogP contribution < -0.4 is 5.32 Å². The molecule has 2 rings (SSSR count). The van der Waals surface area contributed by atoms with E-state index in [0.717, 1.165) is 17.1 Å². The van der Waals surface area contributed by atoms with Gasteiger partial charge in [0.05, 0.1) is 6.54 Å². The van der Waals surface area contributed by atoms with E-state index in [9.17, 15) is 4.39 Å². The van der Waals surface area contributed by atoms with Crippen molar-refractivity contribution in [3.05, 3.63) is 41.7 Å². The van der Waals surface area contributed by atoms with Crippen molar-refractivity contribution < 1.29 is 4.39 Å². The molecular weight excluding hydrogens is 231 g/mol. The van der Waals surface area contributed by atoms with Crippen LogP contribution in [-0.2, 0) is 6.54 Å². The lowest BCUT2D eigenvalue weighted by Crippen LogP contribution is -2.12. The number of halogens is 1. The largest absolute Gasteiger partial charge is 0.377 e. The van der Waals surface area contributed by atoms with Gasteiger partial charge in [-0.2, -0.15) is 5.10 Å². The van der Waals surface area contributed by atoms with Crippen LogP contribution in [0.1, 0.15) is 31.3 Å². The van der Waals surface area contributed by atoms with E-state index >= 15 is 0 Å². The molecule has 0 atom stereocenters. The molecule has 0 fully saturated rings. The van der Waals surface area contributed by atoms with Crippen molar-refractivity contribution in [3.8, 4) is 0 Å². The van der Waals surface area contributed by atoms with Crippen molar-refractivity contribution in [1.82, 2.24) is 14.8 Å². The van der Waals surface area contributed by atoms with Gasteiger partial charge in [-0.15, -0.1) is 0 Å². The first-order valence-corrected chi connectivity index (χ1v) is 5.96. The molecule has 0 amide bonds. The van der Waals surface area contributed by atoms with Crippen molar-refractivity contribution in [2.24, 2.45) is 0 Å². The fourth-order valence-corrected chi connectivity index (χ4v) is 1.79. The van der Waals surface area contributed by atoms with Crippen LogP contribution in [0.15, 0.2) is 24.5 Å². The lowest BCUT2D eigenvalue weighted by Gasteiger charge is -2.12. The van der Waals surface area contributed by atoms with E-state index in [-0.39, 0.29) is 11.9 Å². The molecule has 96 valence electrons. The summed E-state index contributed by atoms with van der Waals surface area (Å²) in [6.07, 6.45) is 1.54. The number of benzene rings is 1. The van der Waals surface area contributed by atoms with Crippen LogP contribution in [0.3, 0.4) is 0 Å².